The highest BCUT2D eigenvalue weighted by Crippen LogP contribution is 2.24. The van der Waals surface area contributed by atoms with Crippen LogP contribution in [0.15, 0.2) is 29.6 Å². The fourth-order valence-electron chi connectivity index (χ4n) is 1.62. The minimum absolute atomic E-state index is 0.0999. The van der Waals surface area contributed by atoms with Crippen LogP contribution in [0.5, 0.6) is 0 Å². The van der Waals surface area contributed by atoms with Crippen LogP contribution < -0.4 is 10.6 Å². The summed E-state index contributed by atoms with van der Waals surface area (Å²) in [6.07, 6.45) is 2.22. The average molecular weight is 232 g/mol. The summed E-state index contributed by atoms with van der Waals surface area (Å²) in [6, 6.07) is 8.32. The van der Waals surface area contributed by atoms with Crippen LogP contribution in [0.25, 0.3) is 10.1 Å². The number of anilines is 1. The first-order valence-electron chi connectivity index (χ1n) is 5.36. The average Bonchev–Trinajstić information content (AvgIpc) is 2.95. The number of nitrogens with one attached hydrogen (secondary N) is 2. The van der Waals surface area contributed by atoms with Gasteiger partial charge >= 0.3 is 6.03 Å². The first kappa shape index (κ1) is 9.66. The number of carbonyl (C=O) groups is 1. The molecule has 0 bridgehead atoms. The van der Waals surface area contributed by atoms with Crippen LogP contribution in [0.2, 0.25) is 0 Å². The number of rotatable bonds is 2. The monoisotopic (exact) mass is 232 g/mol. The highest BCUT2D eigenvalue weighted by molar-refractivity contribution is 7.17. The predicted molar refractivity (Wildman–Crippen MR) is 67.0 cm³/mol. The molecule has 82 valence electrons. The first-order chi connectivity index (χ1) is 7.81. The lowest BCUT2D eigenvalue weighted by atomic mass is 10.2. The molecule has 2 aromatic rings. The Labute approximate surface area is 97.5 Å². The lowest BCUT2D eigenvalue weighted by Gasteiger charge is -2.06. The molecule has 3 nitrogen and oxygen atoms in total. The van der Waals surface area contributed by atoms with Gasteiger partial charge in [-0.1, -0.05) is 0 Å². The Hall–Kier alpha value is -1.55. The van der Waals surface area contributed by atoms with E-state index in [-0.39, 0.29) is 6.03 Å². The number of hydrogen-bond acceptors (Lipinski definition) is 2. The minimum Gasteiger partial charge on any atom is -0.335 e. The van der Waals surface area contributed by atoms with Crippen molar-refractivity contribution in [2.45, 2.75) is 18.9 Å². The van der Waals surface area contributed by atoms with Gasteiger partial charge in [-0.3, -0.25) is 0 Å². The summed E-state index contributed by atoms with van der Waals surface area (Å²) < 4.78 is 1.24. The van der Waals surface area contributed by atoms with E-state index < -0.39 is 0 Å². The van der Waals surface area contributed by atoms with Crippen molar-refractivity contribution in [1.29, 1.82) is 0 Å². The molecular weight excluding hydrogens is 220 g/mol. The standard InChI is InChI=1S/C12H12N2OS/c15-12(13-9-1-2-9)14-10-3-4-11-8(7-10)5-6-16-11/h3-7,9H,1-2H2,(H2,13,14,15). The highest BCUT2D eigenvalue weighted by atomic mass is 32.1. The molecule has 1 fully saturated rings. The Morgan fingerprint density at radius 3 is 3.00 bits per heavy atom. The van der Waals surface area contributed by atoms with Gasteiger partial charge in [-0.15, -0.1) is 11.3 Å². The molecule has 16 heavy (non-hydrogen) atoms. The molecule has 1 saturated carbocycles. The SMILES string of the molecule is O=C(Nc1ccc2sccc2c1)NC1CC1. The molecule has 4 heteroatoms. The Morgan fingerprint density at radius 1 is 1.31 bits per heavy atom. The van der Waals surface area contributed by atoms with Gasteiger partial charge in [-0.2, -0.15) is 0 Å². The van der Waals surface area contributed by atoms with E-state index in [1.54, 1.807) is 11.3 Å². The third kappa shape index (κ3) is 2.02. The molecule has 1 heterocycles. The second kappa shape index (κ2) is 3.79. The van der Waals surface area contributed by atoms with E-state index >= 15 is 0 Å². The quantitative estimate of drug-likeness (QED) is 0.820. The zero-order chi connectivity index (χ0) is 11.0. The molecule has 0 aliphatic heterocycles. The topological polar surface area (TPSA) is 41.1 Å². The summed E-state index contributed by atoms with van der Waals surface area (Å²) in [4.78, 5) is 11.5. The molecular formula is C12H12N2OS. The molecule has 1 aromatic heterocycles. The van der Waals surface area contributed by atoms with Crippen molar-refractivity contribution < 1.29 is 4.79 Å². The van der Waals surface area contributed by atoms with E-state index in [9.17, 15) is 4.79 Å². The van der Waals surface area contributed by atoms with E-state index in [0.29, 0.717) is 6.04 Å². The van der Waals surface area contributed by atoms with Gasteiger partial charge in [-0.25, -0.2) is 4.79 Å². The predicted octanol–water partition coefficient (Wildman–Crippen LogP) is 3.19. The van der Waals surface area contributed by atoms with Gasteiger partial charge in [0.05, 0.1) is 0 Å². The molecule has 0 spiro atoms. The van der Waals surface area contributed by atoms with Crippen molar-refractivity contribution in [3.05, 3.63) is 29.6 Å². The first-order valence-corrected chi connectivity index (χ1v) is 6.24. The molecule has 2 amide bonds. The Kier molecular flexibility index (Phi) is 2.29. The molecule has 0 atom stereocenters. The minimum atomic E-state index is -0.0999. The van der Waals surface area contributed by atoms with E-state index in [1.807, 2.05) is 18.2 Å². The zero-order valence-electron chi connectivity index (χ0n) is 8.69. The second-order valence-corrected chi connectivity index (χ2v) is 4.99. The molecule has 1 aliphatic carbocycles. The molecule has 0 radical (unpaired) electrons. The second-order valence-electron chi connectivity index (χ2n) is 4.05. The number of carbonyl (C=O) groups excluding carboxylic acids is 1. The summed E-state index contributed by atoms with van der Waals surface area (Å²) in [7, 11) is 0. The van der Waals surface area contributed by atoms with Gasteiger partial charge in [0.1, 0.15) is 0 Å². The van der Waals surface area contributed by atoms with Gasteiger partial charge in [0.2, 0.25) is 0 Å². The fraction of sp³-hybridized carbons (Fsp3) is 0.250. The number of hydrogen-bond donors (Lipinski definition) is 2. The van der Waals surface area contributed by atoms with Crippen LogP contribution in [0.4, 0.5) is 10.5 Å². The van der Waals surface area contributed by atoms with E-state index in [4.69, 9.17) is 0 Å². The van der Waals surface area contributed by atoms with E-state index in [2.05, 4.69) is 22.1 Å². The van der Waals surface area contributed by atoms with Gasteiger partial charge < -0.3 is 10.6 Å². The largest absolute Gasteiger partial charge is 0.335 e. The maximum absolute atomic E-state index is 11.5. The van der Waals surface area contributed by atoms with Crippen molar-refractivity contribution in [2.75, 3.05) is 5.32 Å². The van der Waals surface area contributed by atoms with Crippen molar-refractivity contribution >= 4 is 33.1 Å². The summed E-state index contributed by atoms with van der Waals surface area (Å²) in [5, 5.41) is 8.98. The summed E-state index contributed by atoms with van der Waals surface area (Å²) >= 11 is 1.71. The van der Waals surface area contributed by atoms with Crippen LogP contribution >= 0.6 is 11.3 Å². The van der Waals surface area contributed by atoms with Crippen molar-refractivity contribution in [3.63, 3.8) is 0 Å². The third-order valence-electron chi connectivity index (χ3n) is 2.62. The maximum Gasteiger partial charge on any atom is 0.319 e. The van der Waals surface area contributed by atoms with Crippen LogP contribution in [0.3, 0.4) is 0 Å². The number of benzene rings is 1. The van der Waals surface area contributed by atoms with Crippen LogP contribution in [0.1, 0.15) is 12.8 Å². The Balaban J connectivity index is 1.74. The van der Waals surface area contributed by atoms with Crippen LogP contribution in [0, 0.1) is 0 Å². The maximum atomic E-state index is 11.5. The Bertz CT molecular complexity index is 531. The fourth-order valence-corrected chi connectivity index (χ4v) is 2.40. The van der Waals surface area contributed by atoms with Crippen LogP contribution in [-0.2, 0) is 0 Å². The van der Waals surface area contributed by atoms with Crippen LogP contribution in [-0.4, -0.2) is 12.1 Å². The highest BCUT2D eigenvalue weighted by Gasteiger charge is 2.23. The number of urea groups is 1. The van der Waals surface area contributed by atoms with Crippen molar-refractivity contribution in [3.8, 4) is 0 Å². The van der Waals surface area contributed by atoms with E-state index in [1.165, 1.54) is 10.1 Å². The smallest absolute Gasteiger partial charge is 0.319 e. The summed E-state index contributed by atoms with van der Waals surface area (Å²) in [5.41, 5.74) is 0.851. The van der Waals surface area contributed by atoms with Gasteiger partial charge in [0.25, 0.3) is 0 Å². The Morgan fingerprint density at radius 2 is 2.19 bits per heavy atom. The molecule has 1 aliphatic rings. The lowest BCUT2D eigenvalue weighted by molar-refractivity contribution is 0.251. The number of thiophene rings is 1. The molecule has 2 N–H and O–H groups in total. The van der Waals surface area contributed by atoms with Crippen molar-refractivity contribution in [1.82, 2.24) is 5.32 Å². The summed E-state index contributed by atoms with van der Waals surface area (Å²) in [5.74, 6) is 0. The van der Waals surface area contributed by atoms with Gasteiger partial charge in [-0.05, 0) is 47.9 Å². The van der Waals surface area contributed by atoms with Gasteiger partial charge in [0, 0.05) is 16.4 Å². The molecule has 3 rings (SSSR count). The third-order valence-corrected chi connectivity index (χ3v) is 3.52. The number of amides is 2. The normalized spacial score (nSPS) is 15.0. The molecule has 0 saturated heterocycles. The molecule has 1 aromatic carbocycles. The zero-order valence-corrected chi connectivity index (χ0v) is 9.51. The van der Waals surface area contributed by atoms with Crippen molar-refractivity contribution in [2.24, 2.45) is 0 Å². The molecule has 0 unspecified atom stereocenters. The van der Waals surface area contributed by atoms with E-state index in [0.717, 1.165) is 18.5 Å². The lowest BCUT2D eigenvalue weighted by Crippen LogP contribution is -2.30. The summed E-state index contributed by atoms with van der Waals surface area (Å²) in [6.45, 7) is 0. The van der Waals surface area contributed by atoms with Gasteiger partial charge in [0.15, 0.2) is 0 Å². The number of fused-ring (bicyclic) bond motifs is 1.